The van der Waals surface area contributed by atoms with Crippen molar-refractivity contribution in [3.05, 3.63) is 76.8 Å². The number of likely N-dealkylation sites (tertiary alicyclic amines) is 1. The maximum Gasteiger partial charge on any atom is 0.255 e. The number of benzene rings is 3. The van der Waals surface area contributed by atoms with Gasteiger partial charge in [-0.15, -0.1) is 0 Å². The van der Waals surface area contributed by atoms with Gasteiger partial charge in [0.1, 0.15) is 5.75 Å². The van der Waals surface area contributed by atoms with Crippen LogP contribution in [0.2, 0.25) is 5.02 Å². The predicted octanol–water partition coefficient (Wildman–Crippen LogP) is 4.54. The molecule has 154 valence electrons. The normalized spacial score (nSPS) is 14.5. The van der Waals surface area contributed by atoms with Crippen LogP contribution >= 0.6 is 11.6 Å². The number of ether oxygens (including phenoxy) is 1. The number of hydrogen-bond acceptors (Lipinski definition) is 3. The summed E-state index contributed by atoms with van der Waals surface area (Å²) < 4.78 is 5.27. The molecule has 1 aliphatic rings. The minimum atomic E-state index is -0.215. The fourth-order valence-electron chi connectivity index (χ4n) is 3.93. The predicted molar refractivity (Wildman–Crippen MR) is 118 cm³/mol. The van der Waals surface area contributed by atoms with E-state index in [0.29, 0.717) is 42.3 Å². The number of piperidine rings is 1. The Morgan fingerprint density at radius 1 is 1.00 bits per heavy atom. The first-order valence-corrected chi connectivity index (χ1v) is 10.4. The first kappa shape index (κ1) is 20.2. The van der Waals surface area contributed by atoms with Crippen molar-refractivity contribution in [2.75, 3.05) is 20.2 Å². The molecule has 0 unspecified atom stereocenters. The Balaban J connectivity index is 1.41. The second-order valence-electron chi connectivity index (χ2n) is 7.41. The number of carbonyl (C=O) groups excluding carboxylic acids is 2. The van der Waals surface area contributed by atoms with E-state index < -0.39 is 0 Å². The number of halogens is 1. The molecule has 0 spiro atoms. The van der Waals surface area contributed by atoms with Crippen LogP contribution in [-0.4, -0.2) is 43.0 Å². The lowest BCUT2D eigenvalue weighted by Gasteiger charge is -2.32. The molecular formula is C24H23ClN2O3. The molecule has 1 fully saturated rings. The first-order chi connectivity index (χ1) is 14.6. The molecule has 2 amide bonds. The molecule has 4 rings (SSSR count). The van der Waals surface area contributed by atoms with Gasteiger partial charge in [0.2, 0.25) is 0 Å². The molecule has 1 heterocycles. The van der Waals surface area contributed by atoms with Crippen LogP contribution in [0, 0.1) is 0 Å². The fraction of sp³-hybridized carbons (Fsp3) is 0.250. The third-order valence-corrected chi connectivity index (χ3v) is 5.78. The lowest BCUT2D eigenvalue weighted by Crippen LogP contribution is -2.46. The van der Waals surface area contributed by atoms with Gasteiger partial charge in [-0.05, 0) is 47.9 Å². The minimum Gasteiger partial charge on any atom is -0.496 e. The Kier molecular flexibility index (Phi) is 5.91. The zero-order valence-corrected chi connectivity index (χ0v) is 17.5. The van der Waals surface area contributed by atoms with Gasteiger partial charge in [0.05, 0.1) is 12.7 Å². The summed E-state index contributed by atoms with van der Waals surface area (Å²) in [7, 11) is 1.53. The van der Waals surface area contributed by atoms with Gasteiger partial charge in [0.25, 0.3) is 11.8 Å². The molecule has 1 N–H and O–H groups in total. The number of amides is 2. The molecule has 0 atom stereocenters. The second kappa shape index (κ2) is 8.76. The zero-order valence-electron chi connectivity index (χ0n) is 16.7. The van der Waals surface area contributed by atoms with E-state index in [9.17, 15) is 9.59 Å². The summed E-state index contributed by atoms with van der Waals surface area (Å²) in [5.74, 6) is 0.307. The maximum absolute atomic E-state index is 13.1. The third kappa shape index (κ3) is 4.12. The van der Waals surface area contributed by atoms with Crippen LogP contribution < -0.4 is 10.1 Å². The molecule has 1 aliphatic heterocycles. The molecular weight excluding hydrogens is 400 g/mol. The summed E-state index contributed by atoms with van der Waals surface area (Å²) >= 11 is 6.03. The standard InChI is InChI=1S/C24H23ClN2O3/c1-30-22-10-9-17(25)15-21(22)23(28)26-18-11-13-27(14-12-18)24(29)20-8-4-6-16-5-2-3-7-19(16)20/h2-10,15,18H,11-14H2,1H3,(H,26,28). The summed E-state index contributed by atoms with van der Waals surface area (Å²) in [6.07, 6.45) is 1.40. The summed E-state index contributed by atoms with van der Waals surface area (Å²) in [5, 5.41) is 5.56. The molecule has 0 aliphatic carbocycles. The number of nitrogens with zero attached hydrogens (tertiary/aromatic N) is 1. The molecule has 0 aromatic heterocycles. The van der Waals surface area contributed by atoms with Crippen molar-refractivity contribution < 1.29 is 14.3 Å². The largest absolute Gasteiger partial charge is 0.496 e. The van der Waals surface area contributed by atoms with Crippen LogP contribution in [0.5, 0.6) is 5.75 Å². The third-order valence-electron chi connectivity index (χ3n) is 5.54. The average Bonchev–Trinajstić information content (AvgIpc) is 2.78. The van der Waals surface area contributed by atoms with Crippen LogP contribution in [-0.2, 0) is 0 Å². The summed E-state index contributed by atoms with van der Waals surface area (Å²) in [6, 6.07) is 18.7. The monoisotopic (exact) mass is 422 g/mol. The highest BCUT2D eigenvalue weighted by Gasteiger charge is 2.26. The van der Waals surface area contributed by atoms with Crippen LogP contribution in [0.1, 0.15) is 33.6 Å². The lowest BCUT2D eigenvalue weighted by atomic mass is 10.0. The molecule has 3 aromatic rings. The fourth-order valence-corrected chi connectivity index (χ4v) is 4.10. The number of rotatable bonds is 4. The molecule has 0 saturated carbocycles. The van der Waals surface area contributed by atoms with Gasteiger partial charge < -0.3 is 15.0 Å². The first-order valence-electron chi connectivity index (χ1n) is 9.98. The van der Waals surface area contributed by atoms with Gasteiger partial charge in [-0.2, -0.15) is 0 Å². The molecule has 3 aromatic carbocycles. The van der Waals surface area contributed by atoms with Crippen LogP contribution in [0.3, 0.4) is 0 Å². The van der Waals surface area contributed by atoms with E-state index in [2.05, 4.69) is 5.32 Å². The molecule has 0 radical (unpaired) electrons. The molecule has 0 bridgehead atoms. The smallest absolute Gasteiger partial charge is 0.255 e. The average molecular weight is 423 g/mol. The van der Waals surface area contributed by atoms with Gasteiger partial charge in [0.15, 0.2) is 0 Å². The van der Waals surface area contributed by atoms with Crippen LogP contribution in [0.25, 0.3) is 10.8 Å². The Bertz CT molecular complexity index is 1090. The Hall–Kier alpha value is -3.05. The number of nitrogens with one attached hydrogen (secondary N) is 1. The topological polar surface area (TPSA) is 58.6 Å². The van der Waals surface area contributed by atoms with E-state index in [0.717, 1.165) is 16.3 Å². The van der Waals surface area contributed by atoms with Crippen LogP contribution in [0.15, 0.2) is 60.7 Å². The molecule has 6 heteroatoms. The minimum absolute atomic E-state index is 0.00208. The van der Waals surface area contributed by atoms with E-state index in [4.69, 9.17) is 16.3 Å². The second-order valence-corrected chi connectivity index (χ2v) is 7.85. The van der Waals surface area contributed by atoms with Crippen molar-refractivity contribution in [3.63, 3.8) is 0 Å². The lowest BCUT2D eigenvalue weighted by molar-refractivity contribution is 0.0700. The van der Waals surface area contributed by atoms with Crippen LogP contribution in [0.4, 0.5) is 0 Å². The van der Waals surface area contributed by atoms with Crippen molar-refractivity contribution in [3.8, 4) is 5.75 Å². The van der Waals surface area contributed by atoms with E-state index in [1.807, 2.05) is 47.4 Å². The highest BCUT2D eigenvalue weighted by molar-refractivity contribution is 6.31. The summed E-state index contributed by atoms with van der Waals surface area (Å²) in [5.41, 5.74) is 1.14. The maximum atomic E-state index is 13.1. The number of methoxy groups -OCH3 is 1. The SMILES string of the molecule is COc1ccc(Cl)cc1C(=O)NC1CCN(C(=O)c2cccc3ccccc23)CC1. The number of carbonyl (C=O) groups is 2. The van der Waals surface area contributed by atoms with Gasteiger partial charge in [0, 0.05) is 29.7 Å². The van der Waals surface area contributed by atoms with E-state index in [-0.39, 0.29) is 17.9 Å². The Morgan fingerprint density at radius 2 is 1.73 bits per heavy atom. The highest BCUT2D eigenvalue weighted by Crippen LogP contribution is 2.24. The Labute approximate surface area is 180 Å². The number of hydrogen-bond donors (Lipinski definition) is 1. The van der Waals surface area contributed by atoms with Crippen molar-refractivity contribution in [2.45, 2.75) is 18.9 Å². The summed E-state index contributed by atoms with van der Waals surface area (Å²) in [6.45, 7) is 1.19. The van der Waals surface area contributed by atoms with Gasteiger partial charge in [-0.1, -0.05) is 48.0 Å². The van der Waals surface area contributed by atoms with Crippen molar-refractivity contribution in [2.24, 2.45) is 0 Å². The van der Waals surface area contributed by atoms with Crippen molar-refractivity contribution >= 4 is 34.2 Å². The van der Waals surface area contributed by atoms with E-state index >= 15 is 0 Å². The molecule has 1 saturated heterocycles. The van der Waals surface area contributed by atoms with Gasteiger partial charge in [-0.25, -0.2) is 0 Å². The van der Waals surface area contributed by atoms with Crippen molar-refractivity contribution in [1.82, 2.24) is 10.2 Å². The zero-order chi connectivity index (χ0) is 21.1. The van der Waals surface area contributed by atoms with E-state index in [1.54, 1.807) is 18.2 Å². The highest BCUT2D eigenvalue weighted by atomic mass is 35.5. The summed E-state index contributed by atoms with van der Waals surface area (Å²) in [4.78, 5) is 27.7. The Morgan fingerprint density at radius 3 is 2.50 bits per heavy atom. The quantitative estimate of drug-likeness (QED) is 0.671. The molecule has 30 heavy (non-hydrogen) atoms. The molecule has 5 nitrogen and oxygen atoms in total. The number of fused-ring (bicyclic) bond motifs is 1. The van der Waals surface area contributed by atoms with Gasteiger partial charge in [-0.3, -0.25) is 9.59 Å². The van der Waals surface area contributed by atoms with E-state index in [1.165, 1.54) is 7.11 Å². The van der Waals surface area contributed by atoms with Gasteiger partial charge >= 0.3 is 0 Å². The van der Waals surface area contributed by atoms with Crippen molar-refractivity contribution in [1.29, 1.82) is 0 Å².